The monoisotopic (exact) mass is 188 g/mol. The smallest absolute Gasteiger partial charge is 0.221 e. The molecule has 0 heterocycles. The predicted octanol–water partition coefficient (Wildman–Crippen LogP) is 3.36. The highest BCUT2D eigenvalue weighted by Gasteiger charge is 2.18. The highest BCUT2D eigenvalue weighted by Crippen LogP contribution is 2.31. The number of hydrogen-bond acceptors (Lipinski definition) is 1. The van der Waals surface area contributed by atoms with Gasteiger partial charge in [-0.3, -0.25) is 4.79 Å². The maximum atomic E-state index is 10.5. The third kappa shape index (κ3) is 3.57. The Morgan fingerprint density at radius 3 is 2.83 bits per heavy atom. The van der Waals surface area contributed by atoms with Gasteiger partial charge in [0.05, 0.1) is 0 Å². The van der Waals surface area contributed by atoms with Gasteiger partial charge in [0.1, 0.15) is 0 Å². The second-order valence-corrected chi connectivity index (χ2v) is 4.45. The van der Waals surface area contributed by atoms with E-state index >= 15 is 0 Å². The molecule has 0 aromatic carbocycles. The Morgan fingerprint density at radius 2 is 2.25 bits per heavy atom. The van der Waals surface area contributed by atoms with Gasteiger partial charge in [-0.25, -0.2) is 0 Å². The zero-order chi connectivity index (χ0) is 8.97. The van der Waals surface area contributed by atoms with Crippen LogP contribution in [-0.2, 0) is 4.79 Å². The first-order chi connectivity index (χ1) is 5.68. The summed E-state index contributed by atoms with van der Waals surface area (Å²) in [7, 11) is 0. The Bertz CT molecular complexity index is 156. The van der Waals surface area contributed by atoms with E-state index < -0.39 is 0 Å². The predicted molar refractivity (Wildman–Crippen MR) is 51.2 cm³/mol. The van der Waals surface area contributed by atoms with Crippen LogP contribution in [0.25, 0.3) is 0 Å². The highest BCUT2D eigenvalue weighted by atomic mass is 35.5. The molecule has 0 aliphatic heterocycles. The van der Waals surface area contributed by atoms with Crippen LogP contribution in [0, 0.1) is 11.8 Å². The van der Waals surface area contributed by atoms with Gasteiger partial charge in [0.2, 0.25) is 5.24 Å². The van der Waals surface area contributed by atoms with Crippen molar-refractivity contribution in [1.29, 1.82) is 0 Å². The Balaban J connectivity index is 2.18. The SMILES string of the molecule is CC1CCCC(CCC(=O)Cl)C1. The van der Waals surface area contributed by atoms with Crippen molar-refractivity contribution < 1.29 is 4.79 Å². The van der Waals surface area contributed by atoms with Gasteiger partial charge >= 0.3 is 0 Å². The minimum atomic E-state index is -0.173. The normalized spacial score (nSPS) is 30.2. The van der Waals surface area contributed by atoms with Crippen LogP contribution in [0.2, 0.25) is 0 Å². The first kappa shape index (κ1) is 10.0. The molecule has 2 atom stereocenters. The molecule has 1 fully saturated rings. The number of hydrogen-bond donors (Lipinski definition) is 0. The fraction of sp³-hybridized carbons (Fsp3) is 0.900. The highest BCUT2D eigenvalue weighted by molar-refractivity contribution is 6.63. The van der Waals surface area contributed by atoms with Crippen LogP contribution in [0.5, 0.6) is 0 Å². The summed E-state index contributed by atoms with van der Waals surface area (Å²) in [5.74, 6) is 1.62. The van der Waals surface area contributed by atoms with Crippen molar-refractivity contribution in [3.05, 3.63) is 0 Å². The molecular weight excluding hydrogens is 172 g/mol. The largest absolute Gasteiger partial charge is 0.281 e. The quantitative estimate of drug-likeness (QED) is 0.621. The molecule has 0 bridgehead atoms. The third-order valence-electron chi connectivity index (χ3n) is 2.79. The zero-order valence-corrected chi connectivity index (χ0v) is 8.44. The van der Waals surface area contributed by atoms with E-state index in [9.17, 15) is 4.79 Å². The molecule has 1 nitrogen and oxygen atoms in total. The topological polar surface area (TPSA) is 17.1 Å². The third-order valence-corrected chi connectivity index (χ3v) is 2.98. The maximum Gasteiger partial charge on any atom is 0.221 e. The first-order valence-corrected chi connectivity index (χ1v) is 5.24. The molecule has 0 saturated heterocycles. The molecule has 1 aliphatic rings. The van der Waals surface area contributed by atoms with Gasteiger partial charge in [-0.05, 0) is 36.3 Å². The number of carbonyl (C=O) groups excluding carboxylic acids is 1. The lowest BCUT2D eigenvalue weighted by Crippen LogP contribution is -2.13. The fourth-order valence-corrected chi connectivity index (χ4v) is 2.25. The van der Waals surface area contributed by atoms with E-state index in [1.807, 2.05) is 0 Å². The van der Waals surface area contributed by atoms with Crippen LogP contribution >= 0.6 is 11.6 Å². The summed E-state index contributed by atoms with van der Waals surface area (Å²) in [5, 5.41) is -0.173. The molecule has 0 spiro atoms. The van der Waals surface area contributed by atoms with Crippen LogP contribution < -0.4 is 0 Å². The summed E-state index contributed by atoms with van der Waals surface area (Å²) >= 11 is 5.29. The molecule has 2 unspecified atom stereocenters. The van der Waals surface area contributed by atoms with Crippen molar-refractivity contribution in [2.24, 2.45) is 11.8 Å². The lowest BCUT2D eigenvalue weighted by Gasteiger charge is -2.26. The van der Waals surface area contributed by atoms with E-state index in [0.29, 0.717) is 6.42 Å². The molecule has 0 amide bonds. The Kier molecular flexibility index (Phi) is 4.07. The van der Waals surface area contributed by atoms with Gasteiger partial charge in [0, 0.05) is 6.42 Å². The summed E-state index contributed by atoms with van der Waals surface area (Å²) in [5.41, 5.74) is 0. The molecule has 0 radical (unpaired) electrons. The Hall–Kier alpha value is -0.0400. The van der Waals surface area contributed by atoms with Crippen molar-refractivity contribution in [3.8, 4) is 0 Å². The van der Waals surface area contributed by atoms with Crippen molar-refractivity contribution in [3.63, 3.8) is 0 Å². The van der Waals surface area contributed by atoms with Gasteiger partial charge in [-0.2, -0.15) is 0 Å². The molecule has 1 rings (SSSR count). The number of rotatable bonds is 3. The van der Waals surface area contributed by atoms with Gasteiger partial charge in [-0.1, -0.05) is 26.2 Å². The average Bonchev–Trinajstić information content (AvgIpc) is 2.01. The van der Waals surface area contributed by atoms with Crippen LogP contribution in [0.15, 0.2) is 0 Å². The molecule has 1 aliphatic carbocycles. The van der Waals surface area contributed by atoms with Crippen LogP contribution in [0.3, 0.4) is 0 Å². The van der Waals surface area contributed by atoms with Crippen LogP contribution in [-0.4, -0.2) is 5.24 Å². The van der Waals surface area contributed by atoms with Crippen molar-refractivity contribution in [1.82, 2.24) is 0 Å². The summed E-state index contributed by atoms with van der Waals surface area (Å²) in [4.78, 5) is 10.5. The van der Waals surface area contributed by atoms with Crippen molar-refractivity contribution in [2.75, 3.05) is 0 Å². The summed E-state index contributed by atoms with van der Waals surface area (Å²) in [6, 6.07) is 0. The number of carbonyl (C=O) groups is 1. The first-order valence-electron chi connectivity index (χ1n) is 4.87. The standard InChI is InChI=1S/C10H17ClO/c1-8-3-2-4-9(7-8)5-6-10(11)12/h8-9H,2-7H2,1H3. The molecule has 0 N–H and O–H groups in total. The molecule has 12 heavy (non-hydrogen) atoms. The van der Waals surface area contributed by atoms with Gasteiger partial charge in [-0.15, -0.1) is 0 Å². The van der Waals surface area contributed by atoms with E-state index in [2.05, 4.69) is 6.92 Å². The van der Waals surface area contributed by atoms with Crippen molar-refractivity contribution in [2.45, 2.75) is 45.4 Å². The maximum absolute atomic E-state index is 10.5. The van der Waals surface area contributed by atoms with E-state index in [4.69, 9.17) is 11.6 Å². The van der Waals surface area contributed by atoms with Gasteiger partial charge < -0.3 is 0 Å². The van der Waals surface area contributed by atoms with Crippen LogP contribution in [0.1, 0.15) is 45.4 Å². The Labute approximate surface area is 79.5 Å². The van der Waals surface area contributed by atoms with Gasteiger partial charge in [0.15, 0.2) is 0 Å². The van der Waals surface area contributed by atoms with Crippen LogP contribution in [0.4, 0.5) is 0 Å². The molecule has 2 heteroatoms. The lowest BCUT2D eigenvalue weighted by molar-refractivity contribution is -0.112. The summed E-state index contributed by atoms with van der Waals surface area (Å²) in [6.45, 7) is 2.30. The van der Waals surface area contributed by atoms with E-state index in [-0.39, 0.29) is 5.24 Å². The molecule has 1 saturated carbocycles. The molecule has 0 aromatic heterocycles. The Morgan fingerprint density at radius 1 is 1.50 bits per heavy atom. The minimum Gasteiger partial charge on any atom is -0.281 e. The molecule has 70 valence electrons. The molecule has 0 aromatic rings. The van der Waals surface area contributed by atoms with Crippen molar-refractivity contribution >= 4 is 16.8 Å². The van der Waals surface area contributed by atoms with E-state index in [0.717, 1.165) is 18.3 Å². The second-order valence-electron chi connectivity index (χ2n) is 4.03. The summed E-state index contributed by atoms with van der Waals surface area (Å²) < 4.78 is 0. The summed E-state index contributed by atoms with van der Waals surface area (Å²) in [6.07, 6.45) is 6.87. The number of halogens is 1. The lowest BCUT2D eigenvalue weighted by atomic mass is 9.80. The molecular formula is C10H17ClO. The zero-order valence-electron chi connectivity index (χ0n) is 7.68. The van der Waals surface area contributed by atoms with Gasteiger partial charge in [0.25, 0.3) is 0 Å². The average molecular weight is 189 g/mol. The van der Waals surface area contributed by atoms with E-state index in [1.54, 1.807) is 0 Å². The minimum absolute atomic E-state index is 0.173. The fourth-order valence-electron chi connectivity index (χ4n) is 2.14. The second kappa shape index (κ2) is 4.86. The van der Waals surface area contributed by atoms with E-state index in [1.165, 1.54) is 25.7 Å².